The van der Waals surface area contributed by atoms with Crippen LogP contribution in [0.2, 0.25) is 0 Å². The molecule has 0 aromatic carbocycles. The molecule has 0 spiro atoms. The van der Waals surface area contributed by atoms with Crippen molar-refractivity contribution in [2.75, 3.05) is 45.8 Å². The Morgan fingerprint density at radius 1 is 1.36 bits per heavy atom. The third-order valence-corrected chi connectivity index (χ3v) is 3.54. The second-order valence-corrected chi connectivity index (χ2v) is 6.54. The summed E-state index contributed by atoms with van der Waals surface area (Å²) in [5.74, 6) is 0.886. The fraction of sp³-hybridized carbons (Fsp3) is 0.875. The van der Waals surface area contributed by atoms with Crippen LogP contribution in [-0.2, 0) is 4.74 Å². The van der Waals surface area contributed by atoms with E-state index in [9.17, 15) is 4.79 Å². The predicted octanol–water partition coefficient (Wildman–Crippen LogP) is 1.96. The zero-order chi connectivity index (χ0) is 16.6. The molecule has 6 heteroatoms. The maximum absolute atomic E-state index is 12.1. The van der Waals surface area contributed by atoms with Crippen molar-refractivity contribution in [3.63, 3.8) is 0 Å². The van der Waals surface area contributed by atoms with Crippen LogP contribution in [0.25, 0.3) is 0 Å². The van der Waals surface area contributed by atoms with Crippen molar-refractivity contribution in [3.05, 3.63) is 0 Å². The van der Waals surface area contributed by atoms with Crippen LogP contribution in [0.15, 0.2) is 4.99 Å². The summed E-state index contributed by atoms with van der Waals surface area (Å²) in [6.45, 7) is 15.9. The first-order valence-electron chi connectivity index (χ1n) is 8.33. The smallest absolute Gasteiger partial charge is 0.410 e. The fourth-order valence-electron chi connectivity index (χ4n) is 2.28. The van der Waals surface area contributed by atoms with Crippen LogP contribution in [0.1, 0.15) is 41.0 Å². The number of carbonyl (C=O) groups excluding carboxylic acids is 1. The SMILES string of the molecule is CCN(CC)CCCNC1=NCCN(C(=O)OC(C)(C)C)C1. The van der Waals surface area contributed by atoms with Gasteiger partial charge >= 0.3 is 6.09 Å². The molecule has 0 saturated heterocycles. The lowest BCUT2D eigenvalue weighted by atomic mass is 10.2. The van der Waals surface area contributed by atoms with E-state index in [2.05, 4.69) is 29.1 Å². The Hall–Kier alpha value is -1.30. The summed E-state index contributed by atoms with van der Waals surface area (Å²) in [6, 6.07) is 0. The molecule has 1 aliphatic rings. The molecule has 0 unspecified atom stereocenters. The Labute approximate surface area is 134 Å². The Balaban J connectivity index is 2.31. The van der Waals surface area contributed by atoms with Crippen molar-refractivity contribution < 1.29 is 9.53 Å². The molecule has 0 fully saturated rings. The average molecular weight is 312 g/mol. The molecule has 1 N–H and O–H groups in total. The van der Waals surface area contributed by atoms with Gasteiger partial charge in [0.1, 0.15) is 11.4 Å². The van der Waals surface area contributed by atoms with Crippen LogP contribution in [0, 0.1) is 0 Å². The molecule has 1 rings (SSSR count). The highest BCUT2D eigenvalue weighted by Gasteiger charge is 2.24. The van der Waals surface area contributed by atoms with Gasteiger partial charge in [0.05, 0.1) is 13.1 Å². The highest BCUT2D eigenvalue weighted by Crippen LogP contribution is 2.10. The molecule has 22 heavy (non-hydrogen) atoms. The van der Waals surface area contributed by atoms with Crippen molar-refractivity contribution >= 4 is 11.9 Å². The van der Waals surface area contributed by atoms with E-state index in [-0.39, 0.29) is 6.09 Å². The van der Waals surface area contributed by atoms with Gasteiger partial charge in [-0.15, -0.1) is 0 Å². The Morgan fingerprint density at radius 2 is 2.05 bits per heavy atom. The van der Waals surface area contributed by atoms with E-state index in [1.807, 2.05) is 20.8 Å². The largest absolute Gasteiger partial charge is 0.444 e. The predicted molar refractivity (Wildman–Crippen MR) is 90.5 cm³/mol. The number of amidine groups is 1. The molecular formula is C16H32N4O2. The minimum absolute atomic E-state index is 0.259. The number of hydrogen-bond acceptors (Lipinski definition) is 5. The Morgan fingerprint density at radius 3 is 2.64 bits per heavy atom. The summed E-state index contributed by atoms with van der Waals surface area (Å²) in [5, 5.41) is 3.35. The molecule has 0 radical (unpaired) electrons. The van der Waals surface area contributed by atoms with Crippen molar-refractivity contribution in [1.29, 1.82) is 0 Å². The van der Waals surface area contributed by atoms with Crippen molar-refractivity contribution in [2.24, 2.45) is 4.99 Å². The summed E-state index contributed by atoms with van der Waals surface area (Å²) < 4.78 is 5.41. The molecular weight excluding hydrogens is 280 g/mol. The maximum atomic E-state index is 12.1. The Bertz CT molecular complexity index is 373. The molecule has 1 aliphatic heterocycles. The number of nitrogens with zero attached hydrogens (tertiary/aromatic N) is 3. The highest BCUT2D eigenvalue weighted by molar-refractivity contribution is 5.87. The van der Waals surface area contributed by atoms with E-state index in [0.717, 1.165) is 38.4 Å². The lowest BCUT2D eigenvalue weighted by Gasteiger charge is -2.30. The topological polar surface area (TPSA) is 57.2 Å². The lowest BCUT2D eigenvalue weighted by molar-refractivity contribution is 0.0276. The third-order valence-electron chi connectivity index (χ3n) is 3.54. The summed E-state index contributed by atoms with van der Waals surface area (Å²) in [7, 11) is 0. The minimum Gasteiger partial charge on any atom is -0.444 e. The van der Waals surface area contributed by atoms with Gasteiger partial charge in [0.15, 0.2) is 0 Å². The average Bonchev–Trinajstić information content (AvgIpc) is 2.46. The van der Waals surface area contributed by atoms with Crippen LogP contribution in [0.4, 0.5) is 4.79 Å². The van der Waals surface area contributed by atoms with Gasteiger partial charge in [-0.05, 0) is 46.8 Å². The maximum Gasteiger partial charge on any atom is 0.410 e. The Kier molecular flexibility index (Phi) is 7.65. The normalized spacial score (nSPS) is 15.7. The van der Waals surface area contributed by atoms with Crippen LogP contribution in [0.5, 0.6) is 0 Å². The molecule has 6 nitrogen and oxygen atoms in total. The molecule has 128 valence electrons. The third kappa shape index (κ3) is 7.11. The van der Waals surface area contributed by atoms with Gasteiger partial charge in [0.2, 0.25) is 0 Å². The van der Waals surface area contributed by atoms with Crippen LogP contribution in [-0.4, -0.2) is 73.1 Å². The van der Waals surface area contributed by atoms with Crippen LogP contribution < -0.4 is 5.32 Å². The number of ether oxygens (including phenoxy) is 1. The standard InChI is InChI=1S/C16H32N4O2/c1-6-19(7-2)11-8-9-17-14-13-20(12-10-18-14)15(21)22-16(3,4)5/h6-13H2,1-5H3,(H,17,18). The quantitative estimate of drug-likeness (QED) is 0.762. The van der Waals surface area contributed by atoms with E-state index in [1.165, 1.54) is 0 Å². The number of amides is 1. The van der Waals surface area contributed by atoms with E-state index in [0.29, 0.717) is 19.6 Å². The first kappa shape index (κ1) is 18.7. The van der Waals surface area contributed by atoms with Gasteiger partial charge in [-0.2, -0.15) is 0 Å². The number of aliphatic imine (C=N–C) groups is 1. The van der Waals surface area contributed by atoms with E-state index in [1.54, 1.807) is 4.90 Å². The lowest BCUT2D eigenvalue weighted by Crippen LogP contribution is -2.47. The van der Waals surface area contributed by atoms with E-state index in [4.69, 9.17) is 4.74 Å². The molecule has 0 aliphatic carbocycles. The minimum atomic E-state index is -0.455. The van der Waals surface area contributed by atoms with Crippen molar-refractivity contribution in [3.8, 4) is 0 Å². The first-order valence-corrected chi connectivity index (χ1v) is 8.33. The number of rotatable bonds is 6. The second-order valence-electron chi connectivity index (χ2n) is 6.54. The number of carbonyl (C=O) groups is 1. The van der Waals surface area contributed by atoms with Crippen LogP contribution in [0.3, 0.4) is 0 Å². The van der Waals surface area contributed by atoms with Gasteiger partial charge in [0, 0.05) is 13.1 Å². The van der Waals surface area contributed by atoms with E-state index < -0.39 is 5.60 Å². The molecule has 0 aromatic rings. The molecule has 0 bridgehead atoms. The fourth-order valence-corrected chi connectivity index (χ4v) is 2.28. The monoisotopic (exact) mass is 312 g/mol. The van der Waals surface area contributed by atoms with Gasteiger partial charge < -0.3 is 15.0 Å². The second kappa shape index (κ2) is 8.98. The van der Waals surface area contributed by atoms with Gasteiger partial charge in [-0.3, -0.25) is 9.89 Å². The molecule has 0 aromatic heterocycles. The molecule has 0 saturated carbocycles. The van der Waals surface area contributed by atoms with E-state index >= 15 is 0 Å². The van der Waals surface area contributed by atoms with Gasteiger partial charge in [0.25, 0.3) is 0 Å². The summed E-state index contributed by atoms with van der Waals surface area (Å²) >= 11 is 0. The molecule has 1 amide bonds. The highest BCUT2D eigenvalue weighted by atomic mass is 16.6. The summed E-state index contributed by atoms with van der Waals surface area (Å²) in [6.07, 6.45) is 0.817. The van der Waals surface area contributed by atoms with Crippen LogP contribution >= 0.6 is 0 Å². The number of hydrogen-bond donors (Lipinski definition) is 1. The zero-order valence-electron chi connectivity index (χ0n) is 14.8. The van der Waals surface area contributed by atoms with Crippen molar-refractivity contribution in [1.82, 2.24) is 15.1 Å². The van der Waals surface area contributed by atoms with Gasteiger partial charge in [-0.25, -0.2) is 4.79 Å². The number of nitrogens with one attached hydrogen (secondary N) is 1. The summed E-state index contributed by atoms with van der Waals surface area (Å²) in [5.41, 5.74) is -0.455. The molecule has 1 heterocycles. The summed E-state index contributed by atoms with van der Waals surface area (Å²) in [4.78, 5) is 20.6. The first-order chi connectivity index (χ1) is 10.4. The van der Waals surface area contributed by atoms with Gasteiger partial charge in [-0.1, -0.05) is 13.8 Å². The van der Waals surface area contributed by atoms with Crippen molar-refractivity contribution in [2.45, 2.75) is 46.6 Å². The molecule has 0 atom stereocenters. The zero-order valence-corrected chi connectivity index (χ0v) is 14.8.